The largest absolute Gasteiger partial charge is 0.397 e. The fourth-order valence-corrected chi connectivity index (χ4v) is 3.64. The number of nitrogens with zero attached hydrogens (tertiary/aromatic N) is 2. The minimum absolute atomic E-state index is 0.0686. The molecule has 5 heteroatoms. The Hall–Kier alpha value is -2.95. The van der Waals surface area contributed by atoms with Crippen LogP contribution in [0.1, 0.15) is 35.0 Å². The van der Waals surface area contributed by atoms with E-state index in [1.54, 1.807) is 11.0 Å². The number of fused-ring (bicyclic) bond motifs is 2. The molecule has 2 N–H and O–H groups in total. The average molecular weight is 349 g/mol. The molecule has 0 spiro atoms. The second kappa shape index (κ2) is 6.09. The monoisotopic (exact) mass is 349 g/mol. The molecule has 1 aliphatic rings. The van der Waals surface area contributed by atoms with Crippen LogP contribution in [0.2, 0.25) is 0 Å². The number of anilines is 1. The molecule has 0 atom stereocenters. The second-order valence-electron chi connectivity index (χ2n) is 6.76. The fraction of sp³-hybridized carbons (Fsp3) is 0.238. The van der Waals surface area contributed by atoms with E-state index in [1.807, 2.05) is 38.1 Å². The summed E-state index contributed by atoms with van der Waals surface area (Å²) in [5, 5.41) is 0.689. The number of aromatic nitrogens is 1. The first-order chi connectivity index (χ1) is 12.5. The van der Waals surface area contributed by atoms with Gasteiger partial charge in [-0.05, 0) is 25.5 Å². The summed E-state index contributed by atoms with van der Waals surface area (Å²) in [6.07, 6.45) is 0.874. The Morgan fingerprint density at radius 2 is 2.04 bits per heavy atom. The molecule has 132 valence electrons. The molecule has 4 nitrogen and oxygen atoms in total. The number of nitrogen functional groups attached to an aromatic ring is 1. The van der Waals surface area contributed by atoms with Crippen molar-refractivity contribution in [1.29, 1.82) is 0 Å². The first-order valence-corrected chi connectivity index (χ1v) is 8.78. The van der Waals surface area contributed by atoms with E-state index in [1.165, 1.54) is 6.07 Å². The molecule has 3 aromatic rings. The molecular weight excluding hydrogens is 329 g/mol. The number of halogens is 1. The molecule has 0 saturated heterocycles. The number of carbonyl (C=O) groups is 1. The van der Waals surface area contributed by atoms with Crippen molar-refractivity contribution in [3.8, 4) is 11.1 Å². The van der Waals surface area contributed by atoms with Gasteiger partial charge < -0.3 is 10.6 Å². The van der Waals surface area contributed by atoms with Gasteiger partial charge in [0, 0.05) is 23.1 Å². The minimum atomic E-state index is -0.298. The molecule has 4 rings (SSSR count). The number of rotatable bonds is 3. The van der Waals surface area contributed by atoms with Crippen LogP contribution >= 0.6 is 0 Å². The lowest BCUT2D eigenvalue weighted by molar-refractivity contribution is 0.0779. The lowest BCUT2D eigenvalue weighted by atomic mass is 9.97. The van der Waals surface area contributed by atoms with Gasteiger partial charge in [0.1, 0.15) is 5.82 Å². The van der Waals surface area contributed by atoms with Gasteiger partial charge in [-0.15, -0.1) is 0 Å². The summed E-state index contributed by atoms with van der Waals surface area (Å²) in [7, 11) is 0. The van der Waals surface area contributed by atoms with Gasteiger partial charge >= 0.3 is 0 Å². The summed E-state index contributed by atoms with van der Waals surface area (Å²) in [5.41, 5.74) is 10.8. The van der Waals surface area contributed by atoms with E-state index in [0.29, 0.717) is 52.1 Å². The van der Waals surface area contributed by atoms with Crippen LogP contribution < -0.4 is 5.73 Å². The summed E-state index contributed by atoms with van der Waals surface area (Å²) in [4.78, 5) is 19.2. The van der Waals surface area contributed by atoms with Gasteiger partial charge in [0.2, 0.25) is 0 Å². The number of hydrogen-bond acceptors (Lipinski definition) is 3. The molecule has 0 aliphatic carbocycles. The maximum absolute atomic E-state index is 14.5. The molecule has 1 aliphatic heterocycles. The average Bonchev–Trinajstić information content (AvgIpc) is 2.93. The number of aryl methyl sites for hydroxylation is 1. The fourth-order valence-electron chi connectivity index (χ4n) is 3.64. The van der Waals surface area contributed by atoms with Gasteiger partial charge in [0.05, 0.1) is 29.0 Å². The standard InChI is InChI=1S/C21H20FN3O/c1-3-9-25-11-17-18(21(25)26)19(23)14-6-4-5-13(20(14)24-17)15-10-12(2)7-8-16(15)22/h4-8,10H,3,9,11H2,1-2H3,(H2,23,24). The number of para-hydroxylation sites is 1. The number of nitrogens with two attached hydrogens (primary N) is 1. The van der Waals surface area contributed by atoms with E-state index >= 15 is 0 Å². The van der Waals surface area contributed by atoms with Gasteiger partial charge in [0.25, 0.3) is 5.91 Å². The lowest BCUT2D eigenvalue weighted by Crippen LogP contribution is -2.24. The molecule has 0 unspecified atom stereocenters. The maximum Gasteiger partial charge on any atom is 0.258 e. The van der Waals surface area contributed by atoms with E-state index < -0.39 is 0 Å². The zero-order valence-corrected chi connectivity index (χ0v) is 14.8. The summed E-state index contributed by atoms with van der Waals surface area (Å²) in [6, 6.07) is 10.5. The highest BCUT2D eigenvalue weighted by Crippen LogP contribution is 2.37. The Morgan fingerprint density at radius 3 is 2.81 bits per heavy atom. The van der Waals surface area contributed by atoms with Crippen molar-refractivity contribution in [2.24, 2.45) is 0 Å². The minimum Gasteiger partial charge on any atom is -0.397 e. The molecule has 0 fully saturated rings. The SMILES string of the molecule is CCCN1Cc2nc3c(-c4cc(C)ccc4F)cccc3c(N)c2C1=O. The van der Waals surface area contributed by atoms with Crippen LogP contribution in [-0.4, -0.2) is 22.3 Å². The first kappa shape index (κ1) is 16.5. The predicted molar refractivity (Wildman–Crippen MR) is 101 cm³/mol. The van der Waals surface area contributed by atoms with Crippen molar-refractivity contribution in [2.75, 3.05) is 12.3 Å². The first-order valence-electron chi connectivity index (χ1n) is 8.78. The number of carbonyl (C=O) groups excluding carboxylic acids is 1. The number of benzene rings is 2. The molecular formula is C21H20FN3O. The zero-order chi connectivity index (χ0) is 18.4. The summed E-state index contributed by atoms with van der Waals surface area (Å²) in [5.74, 6) is -0.367. The normalized spacial score (nSPS) is 13.5. The van der Waals surface area contributed by atoms with Crippen molar-refractivity contribution in [1.82, 2.24) is 9.88 Å². The number of amides is 1. The molecule has 26 heavy (non-hydrogen) atoms. The Labute approximate surface area is 151 Å². The van der Waals surface area contributed by atoms with Crippen LogP contribution in [0.25, 0.3) is 22.0 Å². The molecule has 0 radical (unpaired) electrons. The Kier molecular flexibility index (Phi) is 3.87. The topological polar surface area (TPSA) is 59.2 Å². The van der Waals surface area contributed by atoms with Crippen LogP contribution in [0.4, 0.5) is 10.1 Å². The van der Waals surface area contributed by atoms with Crippen molar-refractivity contribution >= 4 is 22.5 Å². The van der Waals surface area contributed by atoms with Gasteiger partial charge in [-0.2, -0.15) is 0 Å². The van der Waals surface area contributed by atoms with Gasteiger partial charge in [0.15, 0.2) is 0 Å². The van der Waals surface area contributed by atoms with Crippen molar-refractivity contribution in [3.05, 3.63) is 59.0 Å². The van der Waals surface area contributed by atoms with Crippen molar-refractivity contribution in [3.63, 3.8) is 0 Å². The Morgan fingerprint density at radius 1 is 1.23 bits per heavy atom. The molecule has 1 aromatic heterocycles. The third-order valence-corrected chi connectivity index (χ3v) is 4.88. The zero-order valence-electron chi connectivity index (χ0n) is 14.8. The number of hydrogen-bond donors (Lipinski definition) is 1. The van der Waals surface area contributed by atoms with Gasteiger partial charge in [-0.3, -0.25) is 4.79 Å². The van der Waals surface area contributed by atoms with Crippen LogP contribution in [0, 0.1) is 12.7 Å². The van der Waals surface area contributed by atoms with E-state index in [0.717, 1.165) is 12.0 Å². The van der Waals surface area contributed by atoms with E-state index in [9.17, 15) is 9.18 Å². The van der Waals surface area contributed by atoms with Crippen molar-refractivity contribution < 1.29 is 9.18 Å². The summed E-state index contributed by atoms with van der Waals surface area (Å²) < 4.78 is 14.5. The molecule has 2 aromatic carbocycles. The van der Waals surface area contributed by atoms with Crippen LogP contribution in [0.5, 0.6) is 0 Å². The van der Waals surface area contributed by atoms with E-state index in [2.05, 4.69) is 0 Å². The second-order valence-corrected chi connectivity index (χ2v) is 6.76. The van der Waals surface area contributed by atoms with Crippen LogP contribution in [-0.2, 0) is 6.54 Å². The molecule has 1 amide bonds. The Bertz CT molecular complexity index is 1050. The third-order valence-electron chi connectivity index (χ3n) is 4.88. The number of pyridine rings is 1. The van der Waals surface area contributed by atoms with Crippen LogP contribution in [0.3, 0.4) is 0 Å². The lowest BCUT2D eigenvalue weighted by Gasteiger charge is -2.13. The highest BCUT2D eigenvalue weighted by molar-refractivity contribution is 6.11. The third kappa shape index (κ3) is 2.43. The molecule has 2 heterocycles. The predicted octanol–water partition coefficient (Wildman–Crippen LogP) is 4.30. The smallest absolute Gasteiger partial charge is 0.258 e. The van der Waals surface area contributed by atoms with E-state index in [-0.39, 0.29) is 11.7 Å². The highest BCUT2D eigenvalue weighted by Gasteiger charge is 2.31. The molecule has 0 saturated carbocycles. The van der Waals surface area contributed by atoms with Gasteiger partial charge in [-0.1, -0.05) is 36.8 Å². The van der Waals surface area contributed by atoms with E-state index in [4.69, 9.17) is 10.7 Å². The summed E-state index contributed by atoms with van der Waals surface area (Å²) >= 11 is 0. The quantitative estimate of drug-likeness (QED) is 0.767. The highest BCUT2D eigenvalue weighted by atomic mass is 19.1. The maximum atomic E-state index is 14.5. The Balaban J connectivity index is 1.97. The van der Waals surface area contributed by atoms with Crippen LogP contribution in [0.15, 0.2) is 36.4 Å². The summed E-state index contributed by atoms with van der Waals surface area (Å²) in [6.45, 7) is 5.08. The molecule has 0 bridgehead atoms. The van der Waals surface area contributed by atoms with Gasteiger partial charge in [-0.25, -0.2) is 9.37 Å². The van der Waals surface area contributed by atoms with Crippen molar-refractivity contribution in [2.45, 2.75) is 26.8 Å².